The predicted molar refractivity (Wildman–Crippen MR) is 125 cm³/mol. The summed E-state index contributed by atoms with van der Waals surface area (Å²) in [5, 5.41) is 2.73. The van der Waals surface area contributed by atoms with Crippen LogP contribution < -0.4 is 14.4 Å². The van der Waals surface area contributed by atoms with Crippen molar-refractivity contribution in [1.82, 2.24) is 10.2 Å². The SMILES string of the molecule is COc1cccc(CN(C(=O)CN(c2ccc(F)c(F)c2)S(C)(=O)=O)[C@@H](C)C(=O)NC(C)C)c1. The Bertz CT molecular complexity index is 1140. The lowest BCUT2D eigenvalue weighted by Gasteiger charge is -2.32. The molecule has 0 unspecified atom stereocenters. The van der Waals surface area contributed by atoms with E-state index in [1.807, 2.05) is 0 Å². The number of halogens is 2. The van der Waals surface area contributed by atoms with Gasteiger partial charge in [0.2, 0.25) is 21.8 Å². The number of sulfonamides is 1. The summed E-state index contributed by atoms with van der Waals surface area (Å²) in [6, 6.07) is 8.28. The van der Waals surface area contributed by atoms with Crippen molar-refractivity contribution in [3.05, 3.63) is 59.7 Å². The summed E-state index contributed by atoms with van der Waals surface area (Å²) >= 11 is 0. The maximum atomic E-state index is 13.8. The van der Waals surface area contributed by atoms with Gasteiger partial charge in [-0.2, -0.15) is 0 Å². The fourth-order valence-corrected chi connectivity index (χ4v) is 4.05. The molecule has 0 radical (unpaired) electrons. The highest BCUT2D eigenvalue weighted by atomic mass is 32.2. The second-order valence-corrected chi connectivity index (χ2v) is 9.99. The number of ether oxygens (including phenoxy) is 1. The molecule has 0 spiro atoms. The molecule has 2 aromatic carbocycles. The molecule has 2 rings (SSSR count). The lowest BCUT2D eigenvalue weighted by atomic mass is 10.1. The van der Waals surface area contributed by atoms with Crippen LogP contribution in [0.3, 0.4) is 0 Å². The number of methoxy groups -OCH3 is 1. The number of carbonyl (C=O) groups is 2. The first-order valence-electron chi connectivity index (χ1n) is 10.5. The average molecular weight is 498 g/mol. The van der Waals surface area contributed by atoms with Gasteiger partial charge in [-0.3, -0.25) is 13.9 Å². The van der Waals surface area contributed by atoms with E-state index >= 15 is 0 Å². The predicted octanol–water partition coefficient (Wildman–Crippen LogP) is 2.68. The summed E-state index contributed by atoms with van der Waals surface area (Å²) in [5.41, 5.74) is 0.436. The van der Waals surface area contributed by atoms with E-state index in [2.05, 4.69) is 5.32 Å². The first-order chi connectivity index (χ1) is 15.8. The van der Waals surface area contributed by atoms with Gasteiger partial charge in [-0.05, 0) is 50.6 Å². The van der Waals surface area contributed by atoms with Gasteiger partial charge in [-0.1, -0.05) is 12.1 Å². The Morgan fingerprint density at radius 1 is 1.06 bits per heavy atom. The average Bonchev–Trinajstić information content (AvgIpc) is 2.76. The van der Waals surface area contributed by atoms with E-state index in [1.165, 1.54) is 18.9 Å². The van der Waals surface area contributed by atoms with Crippen LogP contribution in [0.15, 0.2) is 42.5 Å². The van der Waals surface area contributed by atoms with Crippen molar-refractivity contribution in [3.63, 3.8) is 0 Å². The summed E-state index contributed by atoms with van der Waals surface area (Å²) in [6.45, 7) is 4.34. The van der Waals surface area contributed by atoms with E-state index < -0.39 is 46.1 Å². The Balaban J connectivity index is 2.42. The van der Waals surface area contributed by atoms with Gasteiger partial charge in [0.05, 0.1) is 19.1 Å². The van der Waals surface area contributed by atoms with Crippen molar-refractivity contribution in [2.75, 3.05) is 24.2 Å². The molecule has 0 aliphatic heterocycles. The lowest BCUT2D eigenvalue weighted by molar-refractivity contribution is -0.139. The standard InChI is InChI=1S/C23H29F2N3O5S/c1-15(2)26-23(30)16(3)27(13-17-7-6-8-19(11-17)33-4)22(29)14-28(34(5,31)32)18-9-10-20(24)21(25)12-18/h6-12,15-16H,13-14H2,1-5H3,(H,26,30)/t16-/m0/s1. The van der Waals surface area contributed by atoms with Crippen LogP contribution in [-0.2, 0) is 26.2 Å². The quantitative estimate of drug-likeness (QED) is 0.545. The van der Waals surface area contributed by atoms with Crippen LogP contribution in [-0.4, -0.2) is 57.1 Å². The number of hydrogen-bond acceptors (Lipinski definition) is 5. The van der Waals surface area contributed by atoms with E-state index in [4.69, 9.17) is 4.74 Å². The summed E-state index contributed by atoms with van der Waals surface area (Å²) in [7, 11) is -2.56. The van der Waals surface area contributed by atoms with Crippen molar-refractivity contribution < 1.29 is 31.5 Å². The first-order valence-corrected chi connectivity index (χ1v) is 12.3. The van der Waals surface area contributed by atoms with Crippen LogP contribution in [0.4, 0.5) is 14.5 Å². The topological polar surface area (TPSA) is 96.0 Å². The van der Waals surface area contributed by atoms with Crippen LogP contribution in [0.25, 0.3) is 0 Å². The minimum atomic E-state index is -4.05. The maximum absolute atomic E-state index is 13.8. The molecule has 2 amide bonds. The second-order valence-electron chi connectivity index (χ2n) is 8.08. The number of benzene rings is 2. The van der Waals surface area contributed by atoms with Crippen molar-refractivity contribution in [2.24, 2.45) is 0 Å². The van der Waals surface area contributed by atoms with Crippen LogP contribution in [0.2, 0.25) is 0 Å². The fraction of sp³-hybridized carbons (Fsp3) is 0.391. The maximum Gasteiger partial charge on any atom is 0.244 e. The molecule has 11 heteroatoms. The fourth-order valence-electron chi connectivity index (χ4n) is 3.21. The zero-order valence-electron chi connectivity index (χ0n) is 19.7. The third kappa shape index (κ3) is 7.14. The molecule has 0 saturated carbocycles. The molecule has 1 atom stereocenters. The minimum Gasteiger partial charge on any atom is -0.497 e. The van der Waals surface area contributed by atoms with Gasteiger partial charge in [-0.25, -0.2) is 17.2 Å². The molecular formula is C23H29F2N3O5S. The Hall–Kier alpha value is -3.21. The van der Waals surface area contributed by atoms with E-state index in [1.54, 1.807) is 38.1 Å². The first kappa shape index (κ1) is 27.0. The molecular weight excluding hydrogens is 468 g/mol. The number of anilines is 1. The van der Waals surface area contributed by atoms with Gasteiger partial charge in [0, 0.05) is 18.7 Å². The number of nitrogens with zero attached hydrogens (tertiary/aromatic N) is 2. The Kier molecular flexibility index (Phi) is 8.97. The number of nitrogens with one attached hydrogen (secondary N) is 1. The molecule has 2 aromatic rings. The van der Waals surface area contributed by atoms with Crippen molar-refractivity contribution >= 4 is 27.5 Å². The van der Waals surface area contributed by atoms with Gasteiger partial charge in [0.1, 0.15) is 18.3 Å². The molecule has 8 nitrogen and oxygen atoms in total. The highest BCUT2D eigenvalue weighted by molar-refractivity contribution is 7.92. The number of carbonyl (C=O) groups excluding carboxylic acids is 2. The second kappa shape index (κ2) is 11.3. The highest BCUT2D eigenvalue weighted by Gasteiger charge is 2.30. The highest BCUT2D eigenvalue weighted by Crippen LogP contribution is 2.22. The van der Waals surface area contributed by atoms with Gasteiger partial charge in [0.15, 0.2) is 11.6 Å². The molecule has 0 bridgehead atoms. The van der Waals surface area contributed by atoms with E-state index in [9.17, 15) is 26.8 Å². The summed E-state index contributed by atoms with van der Waals surface area (Å²) < 4.78 is 57.9. The van der Waals surface area contributed by atoms with E-state index in [0.29, 0.717) is 21.7 Å². The minimum absolute atomic E-state index is 0.0158. The van der Waals surface area contributed by atoms with Crippen LogP contribution in [0, 0.1) is 11.6 Å². The van der Waals surface area contributed by atoms with Crippen molar-refractivity contribution in [2.45, 2.75) is 39.4 Å². The van der Waals surface area contributed by atoms with Crippen molar-refractivity contribution in [3.8, 4) is 5.75 Å². The third-order valence-electron chi connectivity index (χ3n) is 4.96. The Morgan fingerprint density at radius 3 is 2.29 bits per heavy atom. The van der Waals surface area contributed by atoms with Crippen LogP contribution >= 0.6 is 0 Å². The van der Waals surface area contributed by atoms with Crippen LogP contribution in [0.5, 0.6) is 5.75 Å². The molecule has 0 aliphatic carbocycles. The molecule has 0 heterocycles. The van der Waals surface area contributed by atoms with Gasteiger partial charge in [0.25, 0.3) is 0 Å². The number of rotatable bonds is 10. The molecule has 0 fully saturated rings. The van der Waals surface area contributed by atoms with Gasteiger partial charge < -0.3 is 15.0 Å². The molecule has 0 aromatic heterocycles. The molecule has 34 heavy (non-hydrogen) atoms. The van der Waals surface area contributed by atoms with E-state index in [0.717, 1.165) is 18.4 Å². The molecule has 0 saturated heterocycles. The molecule has 1 N–H and O–H groups in total. The van der Waals surface area contributed by atoms with Crippen LogP contribution in [0.1, 0.15) is 26.3 Å². The summed E-state index contributed by atoms with van der Waals surface area (Å²) in [5.74, 6) is -2.99. The normalized spacial score (nSPS) is 12.2. The largest absolute Gasteiger partial charge is 0.497 e. The molecule has 0 aliphatic rings. The third-order valence-corrected chi connectivity index (χ3v) is 6.10. The zero-order valence-corrected chi connectivity index (χ0v) is 20.5. The molecule has 186 valence electrons. The van der Waals surface area contributed by atoms with Crippen molar-refractivity contribution in [1.29, 1.82) is 0 Å². The zero-order chi connectivity index (χ0) is 25.6. The number of amides is 2. The van der Waals surface area contributed by atoms with Gasteiger partial charge in [-0.15, -0.1) is 0 Å². The summed E-state index contributed by atoms with van der Waals surface area (Å²) in [6.07, 6.45) is 0.850. The monoisotopic (exact) mass is 497 g/mol. The smallest absolute Gasteiger partial charge is 0.244 e. The summed E-state index contributed by atoms with van der Waals surface area (Å²) in [4.78, 5) is 27.3. The lowest BCUT2D eigenvalue weighted by Crippen LogP contribution is -2.52. The van der Waals surface area contributed by atoms with E-state index in [-0.39, 0.29) is 18.3 Å². The number of hydrogen-bond donors (Lipinski definition) is 1. The van der Waals surface area contributed by atoms with Gasteiger partial charge >= 0.3 is 0 Å². The Morgan fingerprint density at radius 2 is 1.74 bits per heavy atom. The Labute approximate surface area is 198 Å².